The summed E-state index contributed by atoms with van der Waals surface area (Å²) < 4.78 is 7.40. The Morgan fingerprint density at radius 3 is 2.89 bits per heavy atom. The Balaban J connectivity index is 1.89. The van der Waals surface area contributed by atoms with Crippen molar-refractivity contribution in [2.75, 3.05) is 26.8 Å². The van der Waals surface area contributed by atoms with Crippen LogP contribution in [0.25, 0.3) is 10.9 Å². The number of benzene rings is 1. The average molecular weight is 246 g/mol. The lowest BCUT2D eigenvalue weighted by atomic mass is 10.2. The summed E-state index contributed by atoms with van der Waals surface area (Å²) in [7, 11) is 1.73. The predicted octanol–water partition coefficient (Wildman–Crippen LogP) is 2.58. The number of nitrogens with one attached hydrogen (secondary N) is 1. The number of ether oxygens (including phenoxy) is 1. The molecule has 0 radical (unpaired) electrons. The van der Waals surface area contributed by atoms with Crippen molar-refractivity contribution in [1.29, 1.82) is 0 Å². The quantitative estimate of drug-likeness (QED) is 0.760. The van der Waals surface area contributed by atoms with Crippen molar-refractivity contribution < 1.29 is 4.74 Å². The third kappa shape index (κ3) is 3.12. The van der Waals surface area contributed by atoms with Gasteiger partial charge in [-0.1, -0.05) is 18.2 Å². The second-order valence-electron chi connectivity index (χ2n) is 4.59. The van der Waals surface area contributed by atoms with E-state index in [0.29, 0.717) is 0 Å². The molecule has 98 valence electrons. The molecule has 0 saturated carbocycles. The lowest BCUT2D eigenvalue weighted by Gasteiger charge is -2.09. The van der Waals surface area contributed by atoms with Crippen LogP contribution in [0, 0.1) is 6.92 Å². The Morgan fingerprint density at radius 1 is 1.22 bits per heavy atom. The summed E-state index contributed by atoms with van der Waals surface area (Å²) in [6.45, 7) is 6.00. The second kappa shape index (κ2) is 6.57. The van der Waals surface area contributed by atoms with Gasteiger partial charge in [0.25, 0.3) is 0 Å². The summed E-state index contributed by atoms with van der Waals surface area (Å²) in [5, 5.41) is 4.71. The molecule has 0 unspecified atom stereocenters. The van der Waals surface area contributed by atoms with Gasteiger partial charge in [-0.15, -0.1) is 0 Å². The minimum atomic E-state index is 0.783. The Morgan fingerprint density at radius 2 is 2.06 bits per heavy atom. The van der Waals surface area contributed by atoms with E-state index in [0.717, 1.165) is 32.7 Å². The second-order valence-corrected chi connectivity index (χ2v) is 4.59. The lowest BCUT2D eigenvalue weighted by molar-refractivity contribution is 0.199. The highest BCUT2D eigenvalue weighted by Crippen LogP contribution is 2.19. The van der Waals surface area contributed by atoms with Crippen LogP contribution in [-0.2, 0) is 11.3 Å². The number of hydrogen-bond acceptors (Lipinski definition) is 2. The molecule has 2 rings (SSSR count). The van der Waals surface area contributed by atoms with E-state index in [1.54, 1.807) is 7.11 Å². The van der Waals surface area contributed by atoms with E-state index in [1.165, 1.54) is 16.6 Å². The molecule has 0 fully saturated rings. The van der Waals surface area contributed by atoms with Crippen LogP contribution in [0.5, 0.6) is 0 Å². The number of para-hydroxylation sites is 1. The van der Waals surface area contributed by atoms with Crippen molar-refractivity contribution >= 4 is 10.9 Å². The fraction of sp³-hybridized carbons (Fsp3) is 0.467. The largest absolute Gasteiger partial charge is 0.383 e. The fourth-order valence-corrected chi connectivity index (χ4v) is 2.31. The van der Waals surface area contributed by atoms with Gasteiger partial charge < -0.3 is 14.6 Å². The smallest absolute Gasteiger partial charge is 0.0587 e. The Labute approximate surface area is 109 Å². The van der Waals surface area contributed by atoms with E-state index in [1.807, 2.05) is 0 Å². The van der Waals surface area contributed by atoms with Crippen molar-refractivity contribution in [1.82, 2.24) is 9.88 Å². The van der Waals surface area contributed by atoms with Crippen LogP contribution < -0.4 is 5.32 Å². The summed E-state index contributed by atoms with van der Waals surface area (Å²) >= 11 is 0. The van der Waals surface area contributed by atoms with Crippen LogP contribution in [0.3, 0.4) is 0 Å². The van der Waals surface area contributed by atoms with E-state index in [4.69, 9.17) is 4.74 Å². The van der Waals surface area contributed by atoms with E-state index >= 15 is 0 Å². The molecule has 0 aliphatic carbocycles. The van der Waals surface area contributed by atoms with Crippen molar-refractivity contribution in [2.45, 2.75) is 19.9 Å². The Hall–Kier alpha value is -1.32. The first-order chi connectivity index (χ1) is 8.83. The van der Waals surface area contributed by atoms with Crippen LogP contribution in [-0.4, -0.2) is 31.4 Å². The van der Waals surface area contributed by atoms with Gasteiger partial charge in [-0.25, -0.2) is 0 Å². The molecule has 1 heterocycles. The summed E-state index contributed by atoms with van der Waals surface area (Å²) in [5.41, 5.74) is 2.68. The molecule has 0 atom stereocenters. The van der Waals surface area contributed by atoms with Crippen molar-refractivity contribution in [3.05, 3.63) is 36.0 Å². The van der Waals surface area contributed by atoms with Crippen LogP contribution >= 0.6 is 0 Å². The van der Waals surface area contributed by atoms with Crippen LogP contribution in [0.1, 0.15) is 12.1 Å². The highest BCUT2D eigenvalue weighted by atomic mass is 16.5. The maximum atomic E-state index is 5.00. The molecule has 1 N–H and O–H groups in total. The molecule has 3 heteroatoms. The number of hydrogen-bond donors (Lipinski definition) is 1. The van der Waals surface area contributed by atoms with Crippen molar-refractivity contribution in [3.63, 3.8) is 0 Å². The monoisotopic (exact) mass is 246 g/mol. The number of methoxy groups -OCH3 is 1. The molecule has 0 bridgehead atoms. The van der Waals surface area contributed by atoms with E-state index in [-0.39, 0.29) is 0 Å². The van der Waals surface area contributed by atoms with Gasteiger partial charge in [0.2, 0.25) is 0 Å². The molecule has 0 aliphatic heterocycles. The molecule has 0 spiro atoms. The maximum absolute atomic E-state index is 5.00. The zero-order chi connectivity index (χ0) is 12.8. The molecule has 3 nitrogen and oxygen atoms in total. The number of aryl methyl sites for hydroxylation is 2. The lowest BCUT2D eigenvalue weighted by Crippen LogP contribution is -2.21. The van der Waals surface area contributed by atoms with Gasteiger partial charge in [0, 0.05) is 31.4 Å². The number of nitrogens with zero attached hydrogens (tertiary/aromatic N) is 1. The van der Waals surface area contributed by atoms with Gasteiger partial charge in [-0.3, -0.25) is 0 Å². The SMILES string of the molecule is COCCNCCCn1c(C)cc2ccccc21. The highest BCUT2D eigenvalue weighted by molar-refractivity contribution is 5.81. The molecule has 1 aromatic carbocycles. The minimum absolute atomic E-state index is 0.783. The maximum Gasteiger partial charge on any atom is 0.0587 e. The van der Waals surface area contributed by atoms with Crippen molar-refractivity contribution in [2.24, 2.45) is 0 Å². The zero-order valence-electron chi connectivity index (χ0n) is 11.3. The fourth-order valence-electron chi connectivity index (χ4n) is 2.31. The standard InChI is InChI=1S/C15H22N2O/c1-13-12-14-6-3-4-7-15(14)17(13)10-5-8-16-9-11-18-2/h3-4,6-7,12,16H,5,8-11H2,1-2H3. The molecular formula is C15H22N2O. The number of rotatable bonds is 7. The Kier molecular flexibility index (Phi) is 4.79. The average Bonchev–Trinajstić information content (AvgIpc) is 2.70. The number of fused-ring (bicyclic) bond motifs is 1. The molecule has 1 aromatic heterocycles. The third-order valence-corrected chi connectivity index (χ3v) is 3.24. The van der Waals surface area contributed by atoms with Gasteiger partial charge in [0.1, 0.15) is 0 Å². The topological polar surface area (TPSA) is 26.2 Å². The predicted molar refractivity (Wildman–Crippen MR) is 76.0 cm³/mol. The van der Waals surface area contributed by atoms with Gasteiger partial charge in [0.15, 0.2) is 0 Å². The molecule has 0 saturated heterocycles. The first-order valence-corrected chi connectivity index (χ1v) is 6.57. The number of aromatic nitrogens is 1. The summed E-state index contributed by atoms with van der Waals surface area (Å²) in [4.78, 5) is 0. The normalized spacial score (nSPS) is 11.2. The van der Waals surface area contributed by atoms with Crippen LogP contribution in [0.4, 0.5) is 0 Å². The molecule has 2 aromatic rings. The molecular weight excluding hydrogens is 224 g/mol. The van der Waals surface area contributed by atoms with E-state index < -0.39 is 0 Å². The summed E-state index contributed by atoms with van der Waals surface area (Å²) in [5.74, 6) is 0. The van der Waals surface area contributed by atoms with Gasteiger partial charge in [-0.2, -0.15) is 0 Å². The summed E-state index contributed by atoms with van der Waals surface area (Å²) in [6, 6.07) is 10.8. The molecule has 0 aliphatic rings. The van der Waals surface area contributed by atoms with Gasteiger partial charge in [-0.05, 0) is 37.4 Å². The summed E-state index contributed by atoms with van der Waals surface area (Å²) in [6.07, 6.45) is 1.14. The van der Waals surface area contributed by atoms with Crippen LogP contribution in [0.15, 0.2) is 30.3 Å². The van der Waals surface area contributed by atoms with Gasteiger partial charge >= 0.3 is 0 Å². The highest BCUT2D eigenvalue weighted by Gasteiger charge is 2.03. The van der Waals surface area contributed by atoms with Crippen LogP contribution in [0.2, 0.25) is 0 Å². The Bertz CT molecular complexity index is 490. The van der Waals surface area contributed by atoms with E-state index in [2.05, 4.69) is 47.1 Å². The van der Waals surface area contributed by atoms with Crippen molar-refractivity contribution in [3.8, 4) is 0 Å². The zero-order valence-corrected chi connectivity index (χ0v) is 11.3. The van der Waals surface area contributed by atoms with E-state index in [9.17, 15) is 0 Å². The third-order valence-electron chi connectivity index (χ3n) is 3.24. The first-order valence-electron chi connectivity index (χ1n) is 6.57. The molecule has 0 amide bonds. The minimum Gasteiger partial charge on any atom is -0.383 e. The first kappa shape index (κ1) is 13.1. The molecule has 18 heavy (non-hydrogen) atoms. The van der Waals surface area contributed by atoms with Gasteiger partial charge in [0.05, 0.1) is 6.61 Å².